The number of aromatic nitrogens is 3. The number of likely N-dealkylation sites (tertiary alicyclic amines) is 1. The third-order valence-electron chi connectivity index (χ3n) is 5.01. The first-order valence-electron chi connectivity index (χ1n) is 9.37. The van der Waals surface area contributed by atoms with E-state index in [1.165, 1.54) is 0 Å². The van der Waals surface area contributed by atoms with Crippen LogP contribution in [0.25, 0.3) is 11.2 Å². The van der Waals surface area contributed by atoms with Gasteiger partial charge in [-0.05, 0) is 25.5 Å². The van der Waals surface area contributed by atoms with Crippen molar-refractivity contribution in [1.29, 1.82) is 0 Å². The van der Waals surface area contributed by atoms with Crippen molar-refractivity contribution in [1.82, 2.24) is 19.4 Å². The van der Waals surface area contributed by atoms with Crippen LogP contribution >= 0.6 is 0 Å². The molecule has 0 aliphatic carbocycles. The average Bonchev–Trinajstić information content (AvgIpc) is 3.00. The second-order valence-corrected chi connectivity index (χ2v) is 7.14. The van der Waals surface area contributed by atoms with Gasteiger partial charge in [0.05, 0.1) is 12.6 Å². The molecule has 1 fully saturated rings. The van der Waals surface area contributed by atoms with Crippen LogP contribution in [0.2, 0.25) is 0 Å². The molecule has 0 unspecified atom stereocenters. The van der Waals surface area contributed by atoms with Gasteiger partial charge in [0, 0.05) is 52.1 Å². The number of methoxy groups -OCH3 is 1. The Morgan fingerprint density at radius 2 is 2.11 bits per heavy atom. The number of rotatable bonds is 7. The minimum Gasteiger partial charge on any atom is -0.383 e. The molecular formula is C19H26F2N4O2. The topological polar surface area (TPSA) is 60.2 Å². The Morgan fingerprint density at radius 3 is 2.81 bits per heavy atom. The smallest absolute Gasteiger partial charge is 0.251 e. The highest BCUT2D eigenvalue weighted by Crippen LogP contribution is 2.28. The van der Waals surface area contributed by atoms with Gasteiger partial charge in [0.1, 0.15) is 11.3 Å². The summed E-state index contributed by atoms with van der Waals surface area (Å²) in [5, 5.41) is 0. The van der Waals surface area contributed by atoms with E-state index < -0.39 is 5.92 Å². The zero-order valence-electron chi connectivity index (χ0n) is 15.8. The molecule has 0 bridgehead atoms. The lowest BCUT2D eigenvalue weighted by Crippen LogP contribution is -2.42. The molecule has 0 radical (unpaired) electrons. The largest absolute Gasteiger partial charge is 0.383 e. The molecule has 1 atom stereocenters. The van der Waals surface area contributed by atoms with E-state index in [0.717, 1.165) is 17.0 Å². The van der Waals surface area contributed by atoms with Crippen LogP contribution in [0, 0.1) is 0 Å². The second kappa shape index (κ2) is 8.29. The van der Waals surface area contributed by atoms with Gasteiger partial charge >= 0.3 is 0 Å². The highest BCUT2D eigenvalue weighted by Gasteiger charge is 2.35. The zero-order chi connectivity index (χ0) is 19.4. The van der Waals surface area contributed by atoms with Crippen LogP contribution in [0.5, 0.6) is 0 Å². The number of piperidine rings is 1. The molecule has 0 spiro atoms. The number of halogens is 2. The molecule has 6 nitrogen and oxygen atoms in total. The Kier molecular flexibility index (Phi) is 6.04. The number of ether oxygens (including phenoxy) is 1. The number of fused-ring (bicyclic) bond motifs is 1. The predicted molar refractivity (Wildman–Crippen MR) is 97.8 cm³/mol. The molecule has 3 rings (SSSR count). The molecule has 3 heterocycles. The summed E-state index contributed by atoms with van der Waals surface area (Å²) < 4.78 is 33.8. The number of amides is 1. The summed E-state index contributed by atoms with van der Waals surface area (Å²) in [6.07, 6.45) is 2.83. The van der Waals surface area contributed by atoms with E-state index in [-0.39, 0.29) is 37.9 Å². The van der Waals surface area contributed by atoms with Gasteiger partial charge in [0.25, 0.3) is 5.92 Å². The number of aryl methyl sites for hydroxylation is 1. The average molecular weight is 380 g/mol. The predicted octanol–water partition coefficient (Wildman–Crippen LogP) is 3.22. The summed E-state index contributed by atoms with van der Waals surface area (Å²) in [6, 6.07) is 3.84. The molecule has 1 saturated heterocycles. The first kappa shape index (κ1) is 19.7. The van der Waals surface area contributed by atoms with Gasteiger partial charge in [0.15, 0.2) is 5.65 Å². The Balaban J connectivity index is 1.63. The summed E-state index contributed by atoms with van der Waals surface area (Å²) in [4.78, 5) is 23.0. The maximum atomic E-state index is 13.2. The third-order valence-corrected chi connectivity index (χ3v) is 5.01. The van der Waals surface area contributed by atoms with Crippen molar-refractivity contribution in [3.8, 4) is 0 Å². The molecule has 0 aromatic carbocycles. The lowest BCUT2D eigenvalue weighted by atomic mass is 10.1. The Morgan fingerprint density at radius 1 is 1.37 bits per heavy atom. The molecule has 148 valence electrons. The van der Waals surface area contributed by atoms with Crippen molar-refractivity contribution in [2.75, 3.05) is 26.8 Å². The summed E-state index contributed by atoms with van der Waals surface area (Å²) in [6.45, 7) is 2.86. The monoisotopic (exact) mass is 380 g/mol. The van der Waals surface area contributed by atoms with Crippen molar-refractivity contribution >= 4 is 17.1 Å². The minimum atomic E-state index is -2.63. The molecule has 0 saturated carbocycles. The van der Waals surface area contributed by atoms with Crippen molar-refractivity contribution in [2.24, 2.45) is 0 Å². The fourth-order valence-corrected chi connectivity index (χ4v) is 3.57. The maximum Gasteiger partial charge on any atom is 0.251 e. The van der Waals surface area contributed by atoms with E-state index in [0.29, 0.717) is 25.9 Å². The van der Waals surface area contributed by atoms with Crippen molar-refractivity contribution in [3.05, 3.63) is 24.2 Å². The van der Waals surface area contributed by atoms with Crippen molar-refractivity contribution in [3.63, 3.8) is 0 Å². The number of pyridine rings is 1. The van der Waals surface area contributed by atoms with Gasteiger partial charge in [-0.1, -0.05) is 0 Å². The number of hydrogen-bond donors (Lipinski definition) is 0. The van der Waals surface area contributed by atoms with Gasteiger partial charge in [-0.2, -0.15) is 0 Å². The Labute approximate surface area is 157 Å². The maximum absolute atomic E-state index is 13.2. The van der Waals surface area contributed by atoms with E-state index in [1.807, 2.05) is 19.1 Å². The van der Waals surface area contributed by atoms with Crippen LogP contribution in [0.4, 0.5) is 8.78 Å². The van der Waals surface area contributed by atoms with Gasteiger partial charge in [-0.3, -0.25) is 4.79 Å². The van der Waals surface area contributed by atoms with Gasteiger partial charge in [-0.15, -0.1) is 0 Å². The Hall–Kier alpha value is -2.09. The molecule has 2 aromatic rings. The van der Waals surface area contributed by atoms with Crippen LogP contribution in [0.15, 0.2) is 18.3 Å². The SMILES string of the molecule is COC[C@H](C)n1c(CCCC(=O)N2CCC(F)(F)CC2)nc2cccnc21. The molecule has 27 heavy (non-hydrogen) atoms. The first-order chi connectivity index (χ1) is 12.9. The first-order valence-corrected chi connectivity index (χ1v) is 9.37. The summed E-state index contributed by atoms with van der Waals surface area (Å²) in [5.74, 6) is -1.82. The third kappa shape index (κ3) is 4.61. The molecule has 1 aliphatic heterocycles. The number of alkyl halides is 2. The van der Waals surface area contributed by atoms with Crippen LogP contribution in [-0.4, -0.2) is 58.1 Å². The zero-order valence-corrected chi connectivity index (χ0v) is 15.8. The fraction of sp³-hybridized carbons (Fsp3) is 0.632. The number of hydrogen-bond acceptors (Lipinski definition) is 4. The van der Waals surface area contributed by atoms with Gasteiger partial charge in [0.2, 0.25) is 5.91 Å². The molecule has 2 aromatic heterocycles. The van der Waals surface area contributed by atoms with Gasteiger partial charge < -0.3 is 14.2 Å². The summed E-state index contributed by atoms with van der Waals surface area (Å²) in [7, 11) is 1.66. The second-order valence-electron chi connectivity index (χ2n) is 7.14. The summed E-state index contributed by atoms with van der Waals surface area (Å²) >= 11 is 0. The van der Waals surface area contributed by atoms with Gasteiger partial charge in [-0.25, -0.2) is 18.7 Å². The number of carbonyl (C=O) groups is 1. The van der Waals surface area contributed by atoms with Crippen LogP contribution in [0.3, 0.4) is 0 Å². The van der Waals surface area contributed by atoms with Crippen molar-refractivity contribution in [2.45, 2.75) is 51.0 Å². The highest BCUT2D eigenvalue weighted by molar-refractivity contribution is 5.76. The van der Waals surface area contributed by atoms with E-state index in [4.69, 9.17) is 4.74 Å². The van der Waals surface area contributed by atoms with E-state index in [2.05, 4.69) is 14.5 Å². The van der Waals surface area contributed by atoms with E-state index in [1.54, 1.807) is 18.2 Å². The van der Waals surface area contributed by atoms with E-state index >= 15 is 0 Å². The number of carbonyl (C=O) groups excluding carboxylic acids is 1. The molecule has 1 amide bonds. The molecule has 0 N–H and O–H groups in total. The quantitative estimate of drug-likeness (QED) is 0.740. The van der Waals surface area contributed by atoms with Crippen LogP contribution < -0.4 is 0 Å². The lowest BCUT2D eigenvalue weighted by molar-refractivity contribution is -0.137. The molecule has 8 heteroatoms. The fourth-order valence-electron chi connectivity index (χ4n) is 3.57. The lowest BCUT2D eigenvalue weighted by Gasteiger charge is -2.31. The number of nitrogens with zero attached hydrogens (tertiary/aromatic N) is 4. The van der Waals surface area contributed by atoms with Crippen molar-refractivity contribution < 1.29 is 18.3 Å². The molecule has 1 aliphatic rings. The number of imidazole rings is 1. The minimum absolute atomic E-state index is 0.0590. The van der Waals surface area contributed by atoms with Crippen LogP contribution in [-0.2, 0) is 16.0 Å². The van der Waals surface area contributed by atoms with E-state index in [9.17, 15) is 13.6 Å². The normalized spacial score (nSPS) is 18.0. The molecular weight excluding hydrogens is 354 g/mol. The summed E-state index contributed by atoms with van der Waals surface area (Å²) in [5.41, 5.74) is 1.63. The highest BCUT2D eigenvalue weighted by atomic mass is 19.3. The standard InChI is InChI=1S/C19H26F2N4O2/c1-14(13-27-2)25-16(23-15-5-4-10-22-18(15)25)6-3-7-17(26)24-11-8-19(20,21)9-12-24/h4-5,10,14H,3,6-9,11-13H2,1-2H3/t14-/m0/s1. The Bertz CT molecular complexity index is 783. The van der Waals surface area contributed by atoms with Crippen LogP contribution in [0.1, 0.15) is 44.5 Å².